The number of hydrogen-bond acceptors (Lipinski definition) is 4. The summed E-state index contributed by atoms with van der Waals surface area (Å²) in [4.78, 5) is 25.9. The second-order valence-electron chi connectivity index (χ2n) is 7.94. The molecule has 174 valence electrons. The van der Waals surface area contributed by atoms with Crippen LogP contribution in [0.2, 0.25) is 5.02 Å². The van der Waals surface area contributed by atoms with E-state index in [4.69, 9.17) is 21.1 Å². The molecule has 0 spiro atoms. The SMILES string of the molecule is COc1ccc(/C=[N+]2\NC(=O)[C@@H](NC(=O)c3ccc(Cl)cc3)[C@H]2c2ccc(C)cc2)cc1OC. The van der Waals surface area contributed by atoms with Crippen molar-refractivity contribution in [3.05, 3.63) is 94.0 Å². The van der Waals surface area contributed by atoms with Crippen LogP contribution < -0.4 is 20.2 Å². The van der Waals surface area contributed by atoms with Crippen molar-refractivity contribution in [3.63, 3.8) is 0 Å². The number of benzene rings is 3. The van der Waals surface area contributed by atoms with Crippen LogP contribution in [0.25, 0.3) is 0 Å². The molecule has 1 fully saturated rings. The number of nitrogens with one attached hydrogen (secondary N) is 2. The van der Waals surface area contributed by atoms with Gasteiger partial charge in [-0.15, -0.1) is 10.1 Å². The van der Waals surface area contributed by atoms with Crippen LogP contribution in [0, 0.1) is 6.92 Å². The highest BCUT2D eigenvalue weighted by molar-refractivity contribution is 6.30. The van der Waals surface area contributed by atoms with Crippen LogP contribution in [0.15, 0.2) is 66.7 Å². The highest BCUT2D eigenvalue weighted by Gasteiger charge is 2.47. The lowest BCUT2D eigenvalue weighted by Crippen LogP contribution is -2.42. The van der Waals surface area contributed by atoms with Crippen molar-refractivity contribution in [3.8, 4) is 11.5 Å². The number of carbonyl (C=O) groups excluding carboxylic acids is 2. The Kier molecular flexibility index (Phi) is 6.84. The maximum Gasteiger partial charge on any atom is 0.304 e. The normalized spacial score (nSPS) is 18.5. The number of carbonyl (C=O) groups is 2. The van der Waals surface area contributed by atoms with E-state index in [1.54, 1.807) is 55.5 Å². The summed E-state index contributed by atoms with van der Waals surface area (Å²) in [5.74, 6) is 0.501. The van der Waals surface area contributed by atoms with Gasteiger partial charge in [-0.3, -0.25) is 9.59 Å². The Labute approximate surface area is 202 Å². The number of rotatable bonds is 6. The summed E-state index contributed by atoms with van der Waals surface area (Å²) in [6.45, 7) is 2.00. The predicted molar refractivity (Wildman–Crippen MR) is 130 cm³/mol. The summed E-state index contributed by atoms with van der Waals surface area (Å²) < 4.78 is 12.4. The fourth-order valence-electron chi connectivity index (χ4n) is 3.86. The van der Waals surface area contributed by atoms with Crippen molar-refractivity contribution in [2.45, 2.75) is 19.0 Å². The van der Waals surface area contributed by atoms with Crippen molar-refractivity contribution < 1.29 is 23.7 Å². The van der Waals surface area contributed by atoms with E-state index in [1.807, 2.05) is 43.3 Å². The zero-order valence-corrected chi connectivity index (χ0v) is 19.8. The summed E-state index contributed by atoms with van der Waals surface area (Å²) in [5, 5.41) is 3.41. The van der Waals surface area contributed by atoms with Gasteiger partial charge >= 0.3 is 5.91 Å². The van der Waals surface area contributed by atoms with Crippen molar-refractivity contribution >= 4 is 29.6 Å². The summed E-state index contributed by atoms with van der Waals surface area (Å²) in [6, 6.07) is 18.6. The zero-order valence-electron chi connectivity index (χ0n) is 19.0. The minimum Gasteiger partial charge on any atom is -0.493 e. The maximum absolute atomic E-state index is 13.0. The standard InChI is InChI=1S/C26H24ClN3O4/c1-16-4-7-18(8-5-16)24-23(28-25(31)19-9-11-20(27)12-10-19)26(32)29-30(24)15-17-6-13-21(33-2)22(14-17)34-3/h4-15,23-24H,1-3H3,(H-,28,29,31,32)/p+1/b30-15-/t23-,24+/m0/s1. The highest BCUT2D eigenvalue weighted by atomic mass is 35.5. The van der Waals surface area contributed by atoms with E-state index in [0.29, 0.717) is 22.1 Å². The molecule has 34 heavy (non-hydrogen) atoms. The molecular weight excluding hydrogens is 454 g/mol. The van der Waals surface area contributed by atoms with E-state index in [9.17, 15) is 9.59 Å². The predicted octanol–water partition coefficient (Wildman–Crippen LogP) is 3.68. The fourth-order valence-corrected chi connectivity index (χ4v) is 3.99. The van der Waals surface area contributed by atoms with Gasteiger partial charge in [0.25, 0.3) is 5.91 Å². The largest absolute Gasteiger partial charge is 0.493 e. The number of nitrogens with zero attached hydrogens (tertiary/aromatic N) is 1. The molecule has 0 aromatic heterocycles. The monoisotopic (exact) mass is 478 g/mol. The molecule has 3 aromatic rings. The van der Waals surface area contributed by atoms with E-state index in [2.05, 4.69) is 10.7 Å². The molecule has 2 atom stereocenters. The molecule has 0 unspecified atom stereocenters. The molecule has 2 amide bonds. The molecule has 0 radical (unpaired) electrons. The van der Waals surface area contributed by atoms with Crippen molar-refractivity contribution in [1.82, 2.24) is 10.7 Å². The molecule has 1 aliphatic rings. The molecular formula is C26H25ClN3O4+. The smallest absolute Gasteiger partial charge is 0.304 e. The molecule has 2 N–H and O–H groups in total. The first-order chi connectivity index (χ1) is 16.4. The fraction of sp³-hybridized carbons (Fsp3) is 0.192. The molecule has 0 bridgehead atoms. The van der Waals surface area contributed by atoms with Crippen LogP contribution in [0.1, 0.15) is 33.1 Å². The summed E-state index contributed by atoms with van der Waals surface area (Å²) in [6.07, 6.45) is 1.80. The van der Waals surface area contributed by atoms with Gasteiger partial charge in [0, 0.05) is 21.7 Å². The van der Waals surface area contributed by atoms with Crippen LogP contribution in [-0.4, -0.2) is 43.0 Å². The number of hydrazine groups is 1. The van der Waals surface area contributed by atoms with Crippen molar-refractivity contribution in [2.24, 2.45) is 0 Å². The number of hydrazone groups is 1. The first kappa shape index (κ1) is 23.3. The van der Waals surface area contributed by atoms with E-state index >= 15 is 0 Å². The van der Waals surface area contributed by atoms with Crippen molar-refractivity contribution in [1.29, 1.82) is 0 Å². The Bertz CT molecular complexity index is 1240. The minimum atomic E-state index is -0.817. The van der Waals surface area contributed by atoms with Crippen LogP contribution in [0.3, 0.4) is 0 Å². The Hall–Kier alpha value is -3.84. The quantitative estimate of drug-likeness (QED) is 0.530. The molecule has 1 aliphatic heterocycles. The Morgan fingerprint density at radius 2 is 1.68 bits per heavy atom. The second-order valence-corrected chi connectivity index (χ2v) is 8.38. The van der Waals surface area contributed by atoms with E-state index in [-0.39, 0.29) is 11.8 Å². The van der Waals surface area contributed by atoms with Gasteiger partial charge in [-0.05, 0) is 49.4 Å². The lowest BCUT2D eigenvalue weighted by atomic mass is 9.98. The van der Waals surface area contributed by atoms with Gasteiger partial charge in [-0.1, -0.05) is 41.4 Å². The maximum atomic E-state index is 13.0. The van der Waals surface area contributed by atoms with Gasteiger partial charge < -0.3 is 14.8 Å². The third-order valence-corrected chi connectivity index (χ3v) is 5.90. The Morgan fingerprint density at radius 3 is 2.32 bits per heavy atom. The first-order valence-electron chi connectivity index (χ1n) is 10.7. The number of hydrogen-bond donors (Lipinski definition) is 2. The Morgan fingerprint density at radius 1 is 1.00 bits per heavy atom. The van der Waals surface area contributed by atoms with Crippen LogP contribution in [0.4, 0.5) is 0 Å². The molecule has 8 heteroatoms. The molecule has 0 aliphatic carbocycles. The Balaban J connectivity index is 1.71. The lowest BCUT2D eigenvalue weighted by Gasteiger charge is -2.15. The topological polar surface area (TPSA) is 79.7 Å². The van der Waals surface area contributed by atoms with Gasteiger partial charge in [-0.2, -0.15) is 0 Å². The molecule has 7 nitrogen and oxygen atoms in total. The van der Waals surface area contributed by atoms with Gasteiger partial charge in [0.1, 0.15) is 0 Å². The summed E-state index contributed by atoms with van der Waals surface area (Å²) in [7, 11) is 3.14. The van der Waals surface area contributed by atoms with Gasteiger partial charge in [0.05, 0.1) is 14.2 Å². The first-order valence-corrected chi connectivity index (χ1v) is 11.1. The molecule has 1 saturated heterocycles. The van der Waals surface area contributed by atoms with Gasteiger partial charge in [0.15, 0.2) is 17.5 Å². The number of aryl methyl sites for hydroxylation is 1. The van der Waals surface area contributed by atoms with Gasteiger partial charge in [0.2, 0.25) is 12.3 Å². The number of methoxy groups -OCH3 is 2. The van der Waals surface area contributed by atoms with Crippen LogP contribution in [0.5, 0.6) is 11.5 Å². The van der Waals surface area contributed by atoms with Crippen LogP contribution in [-0.2, 0) is 4.79 Å². The summed E-state index contributed by atoms with van der Waals surface area (Å²) in [5.41, 5.74) is 6.06. The van der Waals surface area contributed by atoms with Gasteiger partial charge in [-0.25, -0.2) is 0 Å². The third kappa shape index (κ3) is 4.89. The van der Waals surface area contributed by atoms with E-state index in [1.165, 1.54) is 0 Å². The average molecular weight is 479 g/mol. The highest BCUT2D eigenvalue weighted by Crippen LogP contribution is 2.29. The second kappa shape index (κ2) is 9.97. The minimum absolute atomic E-state index is 0.315. The number of ether oxygens (including phenoxy) is 2. The molecule has 1 heterocycles. The van der Waals surface area contributed by atoms with E-state index in [0.717, 1.165) is 16.7 Å². The molecule has 0 saturated carbocycles. The lowest BCUT2D eigenvalue weighted by molar-refractivity contribution is -0.596. The van der Waals surface area contributed by atoms with Crippen LogP contribution >= 0.6 is 11.6 Å². The number of amides is 2. The molecule has 4 rings (SSSR count). The molecule has 3 aromatic carbocycles. The summed E-state index contributed by atoms with van der Waals surface area (Å²) >= 11 is 5.94. The van der Waals surface area contributed by atoms with Crippen molar-refractivity contribution in [2.75, 3.05) is 14.2 Å². The van der Waals surface area contributed by atoms with E-state index < -0.39 is 12.1 Å². The third-order valence-electron chi connectivity index (χ3n) is 5.64. The average Bonchev–Trinajstić information content (AvgIpc) is 3.14. The zero-order chi connectivity index (χ0) is 24.2. The number of halogens is 1.